The highest BCUT2D eigenvalue weighted by Crippen LogP contribution is 2.34. The maximum Gasteiger partial charge on any atom is 0.230 e. The van der Waals surface area contributed by atoms with Crippen LogP contribution >= 0.6 is 11.8 Å². The highest BCUT2D eigenvalue weighted by Gasteiger charge is 2.26. The van der Waals surface area contributed by atoms with Gasteiger partial charge in [-0.1, -0.05) is 12.1 Å². The van der Waals surface area contributed by atoms with Gasteiger partial charge in [-0.3, -0.25) is 4.79 Å². The predicted molar refractivity (Wildman–Crippen MR) is 77.9 cm³/mol. The molecule has 2 atom stereocenters. The van der Waals surface area contributed by atoms with Gasteiger partial charge in [-0.25, -0.2) is 4.39 Å². The van der Waals surface area contributed by atoms with Gasteiger partial charge in [0.25, 0.3) is 0 Å². The van der Waals surface area contributed by atoms with E-state index in [0.717, 1.165) is 24.8 Å². The third-order valence-corrected chi connectivity index (χ3v) is 4.34. The second kappa shape index (κ2) is 7.30. The molecule has 1 fully saturated rings. The average Bonchev–Trinajstić information content (AvgIpc) is 2.88. The van der Waals surface area contributed by atoms with Crippen LogP contribution in [-0.4, -0.2) is 23.5 Å². The number of amides is 1. The molecular formula is C15H17FN2OS. The van der Waals surface area contributed by atoms with E-state index in [0.29, 0.717) is 17.4 Å². The summed E-state index contributed by atoms with van der Waals surface area (Å²) < 4.78 is 12.9. The van der Waals surface area contributed by atoms with Crippen LogP contribution < -0.4 is 5.32 Å². The highest BCUT2D eigenvalue weighted by molar-refractivity contribution is 8.00. The van der Waals surface area contributed by atoms with Crippen molar-refractivity contribution >= 4 is 17.7 Å². The molecule has 1 aliphatic rings. The number of nitriles is 1. The van der Waals surface area contributed by atoms with E-state index in [4.69, 9.17) is 5.26 Å². The number of rotatable bonds is 5. The van der Waals surface area contributed by atoms with E-state index < -0.39 is 0 Å². The van der Waals surface area contributed by atoms with Crippen LogP contribution in [0.2, 0.25) is 0 Å². The molecule has 20 heavy (non-hydrogen) atoms. The van der Waals surface area contributed by atoms with Crippen molar-refractivity contribution in [3.05, 3.63) is 35.6 Å². The fourth-order valence-electron chi connectivity index (χ4n) is 2.61. The van der Waals surface area contributed by atoms with Crippen LogP contribution in [0.25, 0.3) is 0 Å². The number of carbonyl (C=O) groups excluding carboxylic acids is 1. The zero-order valence-electron chi connectivity index (χ0n) is 11.1. The van der Waals surface area contributed by atoms with E-state index in [1.165, 1.54) is 23.9 Å². The number of hydrogen-bond acceptors (Lipinski definition) is 3. The third-order valence-electron chi connectivity index (χ3n) is 3.54. The largest absolute Gasteiger partial charge is 0.353 e. The standard InChI is InChI=1S/C15H17FN2OS/c16-13-4-1-11(2-5-13)12-3-6-14(9-12)18-15(19)10-20-8-7-17/h1-2,4-5,12,14H,3,6,8-10H2,(H,18,19)/t12-,14+/m0/s1. The first-order valence-corrected chi connectivity index (χ1v) is 7.84. The first-order chi connectivity index (χ1) is 9.69. The van der Waals surface area contributed by atoms with Crippen molar-refractivity contribution in [2.75, 3.05) is 11.5 Å². The molecule has 0 saturated heterocycles. The monoisotopic (exact) mass is 292 g/mol. The Kier molecular flexibility index (Phi) is 5.42. The van der Waals surface area contributed by atoms with Crippen LogP contribution in [-0.2, 0) is 4.79 Å². The molecule has 0 heterocycles. The van der Waals surface area contributed by atoms with Crippen molar-refractivity contribution in [2.24, 2.45) is 0 Å². The number of benzene rings is 1. The fourth-order valence-corrected chi connectivity index (χ4v) is 3.07. The van der Waals surface area contributed by atoms with Crippen LogP contribution in [0.1, 0.15) is 30.7 Å². The number of carbonyl (C=O) groups is 1. The maximum atomic E-state index is 12.9. The quantitative estimate of drug-likeness (QED) is 0.849. The zero-order valence-corrected chi connectivity index (χ0v) is 12.0. The molecule has 1 N–H and O–H groups in total. The van der Waals surface area contributed by atoms with Crippen LogP contribution in [0.4, 0.5) is 4.39 Å². The van der Waals surface area contributed by atoms with Crippen LogP contribution in [0.15, 0.2) is 24.3 Å². The first-order valence-electron chi connectivity index (χ1n) is 6.68. The minimum absolute atomic E-state index is 0.00462. The Bertz CT molecular complexity index is 498. The van der Waals surface area contributed by atoms with Crippen LogP contribution in [0.3, 0.4) is 0 Å². The van der Waals surface area contributed by atoms with Gasteiger partial charge in [-0.2, -0.15) is 5.26 Å². The topological polar surface area (TPSA) is 52.9 Å². The van der Waals surface area contributed by atoms with Gasteiger partial charge in [0, 0.05) is 6.04 Å². The van der Waals surface area contributed by atoms with Gasteiger partial charge in [0.1, 0.15) is 5.82 Å². The van der Waals surface area contributed by atoms with Gasteiger partial charge >= 0.3 is 0 Å². The van der Waals surface area contributed by atoms with E-state index in [9.17, 15) is 9.18 Å². The van der Waals surface area contributed by atoms with E-state index >= 15 is 0 Å². The van der Waals surface area contributed by atoms with E-state index in [1.54, 1.807) is 0 Å². The highest BCUT2D eigenvalue weighted by atomic mass is 32.2. The Labute approximate surface area is 122 Å². The minimum atomic E-state index is -0.217. The number of thioether (sulfide) groups is 1. The molecule has 0 bridgehead atoms. The summed E-state index contributed by atoms with van der Waals surface area (Å²) in [5.41, 5.74) is 1.14. The summed E-state index contributed by atoms with van der Waals surface area (Å²) in [6.45, 7) is 0. The van der Waals surface area contributed by atoms with Gasteiger partial charge < -0.3 is 5.32 Å². The van der Waals surface area contributed by atoms with Crippen molar-refractivity contribution < 1.29 is 9.18 Å². The zero-order chi connectivity index (χ0) is 14.4. The van der Waals surface area contributed by atoms with Crippen LogP contribution in [0, 0.1) is 17.1 Å². The molecular weight excluding hydrogens is 275 g/mol. The van der Waals surface area contributed by atoms with E-state index in [2.05, 4.69) is 5.32 Å². The number of nitrogens with one attached hydrogen (secondary N) is 1. The molecule has 5 heteroatoms. The molecule has 1 amide bonds. The molecule has 1 aromatic rings. The summed E-state index contributed by atoms with van der Waals surface area (Å²) in [5, 5.41) is 11.4. The minimum Gasteiger partial charge on any atom is -0.353 e. The lowest BCUT2D eigenvalue weighted by molar-refractivity contribution is -0.119. The molecule has 1 aromatic carbocycles. The summed E-state index contributed by atoms with van der Waals surface area (Å²) in [4.78, 5) is 11.7. The molecule has 0 unspecified atom stereocenters. The molecule has 0 spiro atoms. The summed E-state index contributed by atoms with van der Waals surface area (Å²) >= 11 is 1.33. The van der Waals surface area contributed by atoms with Crippen LogP contribution in [0.5, 0.6) is 0 Å². The molecule has 1 aliphatic carbocycles. The van der Waals surface area contributed by atoms with Crippen molar-refractivity contribution in [3.8, 4) is 6.07 Å². The van der Waals surface area contributed by atoms with Gasteiger partial charge in [-0.05, 0) is 42.9 Å². The SMILES string of the molecule is N#CCSCC(=O)N[C@@H]1CC[C@H](c2ccc(F)cc2)C1. The molecule has 0 radical (unpaired) electrons. The lowest BCUT2D eigenvalue weighted by atomic mass is 9.97. The van der Waals surface area contributed by atoms with Gasteiger partial charge in [0.05, 0.1) is 17.6 Å². The van der Waals surface area contributed by atoms with Gasteiger partial charge in [0.2, 0.25) is 5.91 Å². The van der Waals surface area contributed by atoms with E-state index in [-0.39, 0.29) is 17.8 Å². The Morgan fingerprint density at radius 1 is 1.40 bits per heavy atom. The Morgan fingerprint density at radius 3 is 2.85 bits per heavy atom. The average molecular weight is 292 g/mol. The van der Waals surface area contributed by atoms with Crippen molar-refractivity contribution in [1.29, 1.82) is 5.26 Å². The smallest absolute Gasteiger partial charge is 0.230 e. The summed E-state index contributed by atoms with van der Waals surface area (Å²) in [6, 6.07) is 8.82. The lowest BCUT2D eigenvalue weighted by Crippen LogP contribution is -2.34. The summed E-state index contributed by atoms with van der Waals surface area (Å²) in [7, 11) is 0. The number of nitrogens with zero attached hydrogens (tertiary/aromatic N) is 1. The van der Waals surface area contributed by atoms with E-state index in [1.807, 2.05) is 18.2 Å². The fraction of sp³-hybridized carbons (Fsp3) is 0.467. The van der Waals surface area contributed by atoms with Crippen molar-refractivity contribution in [3.63, 3.8) is 0 Å². The normalized spacial score (nSPS) is 21.4. The van der Waals surface area contributed by atoms with Gasteiger partial charge in [-0.15, -0.1) is 11.8 Å². The summed E-state index contributed by atoms with van der Waals surface area (Å²) in [5.74, 6) is 0.857. The second-order valence-corrected chi connectivity index (χ2v) is 5.96. The number of hydrogen-bond donors (Lipinski definition) is 1. The van der Waals surface area contributed by atoms with Crippen molar-refractivity contribution in [1.82, 2.24) is 5.32 Å². The number of halogens is 1. The molecule has 2 rings (SSSR count). The first kappa shape index (κ1) is 14.9. The molecule has 0 aromatic heterocycles. The van der Waals surface area contributed by atoms with Crippen molar-refractivity contribution in [2.45, 2.75) is 31.2 Å². The molecule has 0 aliphatic heterocycles. The molecule has 106 valence electrons. The summed E-state index contributed by atoms with van der Waals surface area (Å²) in [6.07, 6.45) is 2.87. The Morgan fingerprint density at radius 2 is 2.15 bits per heavy atom. The molecule has 3 nitrogen and oxygen atoms in total. The third kappa shape index (κ3) is 4.24. The Balaban J connectivity index is 1.79. The maximum absolute atomic E-state index is 12.9. The lowest BCUT2D eigenvalue weighted by Gasteiger charge is -2.13. The molecule has 1 saturated carbocycles. The Hall–Kier alpha value is -1.54. The van der Waals surface area contributed by atoms with Gasteiger partial charge in [0.15, 0.2) is 0 Å². The predicted octanol–water partition coefficient (Wildman–Crippen LogP) is 2.83. The second-order valence-electron chi connectivity index (χ2n) is 4.98.